The van der Waals surface area contributed by atoms with Gasteiger partial charge in [0.15, 0.2) is 0 Å². The van der Waals surface area contributed by atoms with Gasteiger partial charge >= 0.3 is 5.97 Å². The summed E-state index contributed by atoms with van der Waals surface area (Å²) < 4.78 is 5.38. The molecule has 0 bridgehead atoms. The zero-order valence-corrected chi connectivity index (χ0v) is 12.8. The molecule has 0 aliphatic carbocycles. The van der Waals surface area contributed by atoms with Crippen LogP contribution in [-0.4, -0.2) is 30.1 Å². The fraction of sp³-hybridized carbons (Fsp3) is 0.316. The van der Waals surface area contributed by atoms with E-state index < -0.39 is 0 Å². The molecule has 1 atom stereocenters. The number of nitrogens with zero attached hydrogens (tertiary/aromatic N) is 1. The Morgan fingerprint density at radius 3 is 2.09 bits per heavy atom. The minimum atomic E-state index is -0.192. The van der Waals surface area contributed by atoms with Gasteiger partial charge in [0.2, 0.25) is 0 Å². The fourth-order valence-corrected chi connectivity index (χ4v) is 3.20. The highest BCUT2D eigenvalue weighted by atomic mass is 16.5. The molecule has 1 heterocycles. The van der Waals surface area contributed by atoms with Gasteiger partial charge in [-0.1, -0.05) is 60.7 Å². The maximum absolute atomic E-state index is 11.2. The molecule has 22 heavy (non-hydrogen) atoms. The van der Waals surface area contributed by atoms with Crippen LogP contribution >= 0.6 is 0 Å². The van der Waals surface area contributed by atoms with Crippen LogP contribution in [0.1, 0.15) is 30.5 Å². The van der Waals surface area contributed by atoms with E-state index in [2.05, 4.69) is 53.4 Å². The number of carbonyl (C=O) groups excluding carboxylic acids is 1. The molecule has 3 heteroatoms. The van der Waals surface area contributed by atoms with Crippen molar-refractivity contribution in [3.05, 3.63) is 71.8 Å². The van der Waals surface area contributed by atoms with E-state index in [1.54, 1.807) is 0 Å². The average Bonchev–Trinajstić information content (AvgIpc) is 2.97. The van der Waals surface area contributed by atoms with Gasteiger partial charge in [0.25, 0.3) is 0 Å². The summed E-state index contributed by atoms with van der Waals surface area (Å²) in [6, 6.07) is 21.2. The Labute approximate surface area is 131 Å². The van der Waals surface area contributed by atoms with Gasteiger partial charge in [-0.05, 0) is 17.5 Å². The van der Waals surface area contributed by atoms with Crippen LogP contribution in [0.5, 0.6) is 0 Å². The smallest absolute Gasteiger partial charge is 0.302 e. The number of hydrogen-bond acceptors (Lipinski definition) is 3. The summed E-state index contributed by atoms with van der Waals surface area (Å²) in [6.45, 7) is 3.20. The number of hydrogen-bond donors (Lipinski definition) is 0. The zero-order chi connectivity index (χ0) is 15.4. The fourth-order valence-electron chi connectivity index (χ4n) is 3.20. The second-order valence-corrected chi connectivity index (χ2v) is 5.74. The van der Waals surface area contributed by atoms with Gasteiger partial charge in [0.05, 0.1) is 6.04 Å². The molecule has 0 amide bonds. The third-order valence-corrected chi connectivity index (χ3v) is 4.10. The molecule has 1 aliphatic heterocycles. The van der Waals surface area contributed by atoms with Gasteiger partial charge < -0.3 is 4.74 Å². The van der Waals surface area contributed by atoms with E-state index in [9.17, 15) is 4.79 Å². The lowest BCUT2D eigenvalue weighted by atomic mass is 9.97. The second kappa shape index (κ2) is 6.75. The van der Waals surface area contributed by atoms with Gasteiger partial charge in [-0.15, -0.1) is 0 Å². The predicted octanol–water partition coefficient (Wildman–Crippen LogP) is 3.41. The van der Waals surface area contributed by atoms with Crippen molar-refractivity contribution in [3.63, 3.8) is 0 Å². The monoisotopic (exact) mass is 295 g/mol. The van der Waals surface area contributed by atoms with Gasteiger partial charge in [0.1, 0.15) is 6.10 Å². The Kier molecular flexibility index (Phi) is 4.54. The molecule has 114 valence electrons. The molecule has 1 fully saturated rings. The Balaban J connectivity index is 1.86. The first kappa shape index (κ1) is 14.8. The number of benzene rings is 2. The van der Waals surface area contributed by atoms with Crippen LogP contribution in [0.4, 0.5) is 0 Å². The largest absolute Gasteiger partial charge is 0.461 e. The van der Waals surface area contributed by atoms with Crippen molar-refractivity contribution in [2.75, 3.05) is 13.1 Å². The SMILES string of the molecule is CC(=O)OC1CCN(C(c2ccccc2)c2ccccc2)C1. The van der Waals surface area contributed by atoms with E-state index in [4.69, 9.17) is 4.74 Å². The van der Waals surface area contributed by atoms with E-state index in [1.165, 1.54) is 18.1 Å². The number of carbonyl (C=O) groups is 1. The highest BCUT2D eigenvalue weighted by molar-refractivity contribution is 5.66. The van der Waals surface area contributed by atoms with Crippen LogP contribution in [0.3, 0.4) is 0 Å². The molecule has 2 aromatic carbocycles. The van der Waals surface area contributed by atoms with Crippen molar-refractivity contribution in [2.45, 2.75) is 25.5 Å². The summed E-state index contributed by atoms with van der Waals surface area (Å²) in [5, 5.41) is 0. The summed E-state index contributed by atoms with van der Waals surface area (Å²) in [6.07, 6.45) is 0.905. The molecule has 1 unspecified atom stereocenters. The summed E-state index contributed by atoms with van der Waals surface area (Å²) in [5.74, 6) is -0.192. The lowest BCUT2D eigenvalue weighted by Crippen LogP contribution is -2.29. The van der Waals surface area contributed by atoms with Crippen molar-refractivity contribution >= 4 is 5.97 Å². The second-order valence-electron chi connectivity index (χ2n) is 5.74. The molecular weight excluding hydrogens is 274 g/mol. The summed E-state index contributed by atoms with van der Waals surface area (Å²) in [4.78, 5) is 13.6. The van der Waals surface area contributed by atoms with Crippen molar-refractivity contribution in [1.82, 2.24) is 4.90 Å². The van der Waals surface area contributed by atoms with Crippen LogP contribution in [0.25, 0.3) is 0 Å². The number of ether oxygens (including phenoxy) is 1. The van der Waals surface area contributed by atoms with E-state index in [0.717, 1.165) is 19.5 Å². The highest BCUT2D eigenvalue weighted by Gasteiger charge is 2.31. The zero-order valence-electron chi connectivity index (χ0n) is 12.8. The number of esters is 1. The molecule has 1 aliphatic rings. The Morgan fingerprint density at radius 1 is 1.05 bits per heavy atom. The Morgan fingerprint density at radius 2 is 1.59 bits per heavy atom. The number of rotatable bonds is 4. The van der Waals surface area contributed by atoms with Crippen molar-refractivity contribution in [2.24, 2.45) is 0 Å². The van der Waals surface area contributed by atoms with Crippen LogP contribution in [0.2, 0.25) is 0 Å². The third kappa shape index (κ3) is 3.37. The van der Waals surface area contributed by atoms with Gasteiger partial charge in [-0.3, -0.25) is 9.69 Å². The molecular formula is C19H21NO2. The normalized spacial score (nSPS) is 18.5. The van der Waals surface area contributed by atoms with Gasteiger partial charge in [-0.25, -0.2) is 0 Å². The Hall–Kier alpha value is -2.13. The highest BCUT2D eigenvalue weighted by Crippen LogP contribution is 2.32. The molecule has 0 aromatic heterocycles. The maximum atomic E-state index is 11.2. The molecule has 1 saturated heterocycles. The first-order valence-electron chi connectivity index (χ1n) is 7.75. The quantitative estimate of drug-likeness (QED) is 0.810. The molecule has 3 rings (SSSR count). The maximum Gasteiger partial charge on any atom is 0.302 e. The standard InChI is InChI=1S/C19H21NO2/c1-15(21)22-18-12-13-20(14-18)19(16-8-4-2-5-9-16)17-10-6-3-7-11-17/h2-11,18-19H,12-14H2,1H3. The predicted molar refractivity (Wildman–Crippen MR) is 86.5 cm³/mol. The van der Waals surface area contributed by atoms with Crippen molar-refractivity contribution in [1.29, 1.82) is 0 Å². The lowest BCUT2D eigenvalue weighted by Gasteiger charge is -2.28. The number of likely N-dealkylation sites (tertiary alicyclic amines) is 1. The van der Waals surface area contributed by atoms with E-state index in [1.807, 2.05) is 12.1 Å². The molecule has 0 N–H and O–H groups in total. The topological polar surface area (TPSA) is 29.5 Å². The summed E-state index contributed by atoms with van der Waals surface area (Å²) >= 11 is 0. The minimum Gasteiger partial charge on any atom is -0.461 e. The average molecular weight is 295 g/mol. The van der Waals surface area contributed by atoms with Gasteiger partial charge in [-0.2, -0.15) is 0 Å². The van der Waals surface area contributed by atoms with E-state index in [0.29, 0.717) is 0 Å². The van der Waals surface area contributed by atoms with E-state index in [-0.39, 0.29) is 18.1 Å². The van der Waals surface area contributed by atoms with Crippen molar-refractivity contribution in [3.8, 4) is 0 Å². The minimum absolute atomic E-state index is 0.00687. The molecule has 0 spiro atoms. The first-order valence-corrected chi connectivity index (χ1v) is 7.75. The summed E-state index contributed by atoms with van der Waals surface area (Å²) in [5.41, 5.74) is 2.55. The first-order chi connectivity index (χ1) is 10.7. The van der Waals surface area contributed by atoms with Crippen LogP contribution < -0.4 is 0 Å². The van der Waals surface area contributed by atoms with Gasteiger partial charge in [0, 0.05) is 20.0 Å². The molecule has 0 saturated carbocycles. The van der Waals surface area contributed by atoms with Crippen LogP contribution in [0.15, 0.2) is 60.7 Å². The molecule has 0 radical (unpaired) electrons. The molecule has 3 nitrogen and oxygen atoms in total. The van der Waals surface area contributed by atoms with Crippen molar-refractivity contribution < 1.29 is 9.53 Å². The van der Waals surface area contributed by atoms with Crippen LogP contribution in [0, 0.1) is 0 Å². The van der Waals surface area contributed by atoms with E-state index >= 15 is 0 Å². The van der Waals surface area contributed by atoms with Crippen LogP contribution in [-0.2, 0) is 9.53 Å². The lowest BCUT2D eigenvalue weighted by molar-refractivity contribution is -0.145. The summed E-state index contributed by atoms with van der Waals surface area (Å²) in [7, 11) is 0. The molecule has 2 aromatic rings. The Bertz CT molecular complexity index is 572. The third-order valence-electron chi connectivity index (χ3n) is 4.10.